The fourth-order valence-electron chi connectivity index (χ4n) is 3.03. The Kier molecular flexibility index (Phi) is 5.30. The van der Waals surface area contributed by atoms with Gasteiger partial charge in [-0.05, 0) is 25.7 Å². The van der Waals surface area contributed by atoms with E-state index in [4.69, 9.17) is 0 Å². The number of carbonyl (C=O) groups is 1. The number of hydrogen-bond acceptors (Lipinski definition) is 1. The van der Waals surface area contributed by atoms with E-state index in [9.17, 15) is 4.79 Å². The zero-order valence-electron chi connectivity index (χ0n) is 11.1. The van der Waals surface area contributed by atoms with Crippen molar-refractivity contribution in [1.29, 1.82) is 0 Å². The molecule has 0 spiro atoms. The van der Waals surface area contributed by atoms with E-state index in [0.29, 0.717) is 11.8 Å². The van der Waals surface area contributed by atoms with E-state index in [1.807, 2.05) is 6.92 Å². The van der Waals surface area contributed by atoms with E-state index >= 15 is 0 Å². The molecule has 94 valence electrons. The molecule has 1 fully saturated rings. The van der Waals surface area contributed by atoms with Gasteiger partial charge in [0.15, 0.2) is 0 Å². The standard InChI is InChI=1S/C14H27NO/c1-4-12(3)14(13(16)15-5-2)10-8-6-7-9-11-14/h12H,4-11H2,1-3H3,(H,15,16). The number of amides is 1. The zero-order valence-corrected chi connectivity index (χ0v) is 11.1. The molecule has 16 heavy (non-hydrogen) atoms. The monoisotopic (exact) mass is 225 g/mol. The van der Waals surface area contributed by atoms with Crippen LogP contribution in [0.3, 0.4) is 0 Å². The molecule has 2 nitrogen and oxygen atoms in total. The predicted molar refractivity (Wildman–Crippen MR) is 68.3 cm³/mol. The van der Waals surface area contributed by atoms with Crippen molar-refractivity contribution in [1.82, 2.24) is 5.32 Å². The molecule has 0 saturated heterocycles. The second-order valence-electron chi connectivity index (χ2n) is 5.24. The van der Waals surface area contributed by atoms with Crippen LogP contribution >= 0.6 is 0 Å². The highest BCUT2D eigenvalue weighted by molar-refractivity contribution is 5.82. The lowest BCUT2D eigenvalue weighted by Crippen LogP contribution is -2.44. The molecule has 1 unspecified atom stereocenters. The molecule has 1 rings (SSSR count). The molecule has 0 aromatic rings. The minimum absolute atomic E-state index is 0.0682. The summed E-state index contributed by atoms with van der Waals surface area (Å²) in [6.07, 6.45) is 8.34. The van der Waals surface area contributed by atoms with Crippen LogP contribution in [0.5, 0.6) is 0 Å². The lowest BCUT2D eigenvalue weighted by atomic mass is 9.69. The molecule has 0 bridgehead atoms. The lowest BCUT2D eigenvalue weighted by molar-refractivity contribution is -0.135. The molecule has 0 radical (unpaired) electrons. The van der Waals surface area contributed by atoms with Gasteiger partial charge >= 0.3 is 0 Å². The van der Waals surface area contributed by atoms with Crippen molar-refractivity contribution in [2.45, 2.75) is 65.7 Å². The molecule has 1 N–H and O–H groups in total. The van der Waals surface area contributed by atoms with Gasteiger partial charge in [0, 0.05) is 6.54 Å². The summed E-state index contributed by atoms with van der Waals surface area (Å²) < 4.78 is 0. The van der Waals surface area contributed by atoms with Gasteiger partial charge in [-0.2, -0.15) is 0 Å². The molecule has 0 aromatic carbocycles. The maximum atomic E-state index is 12.4. The SMILES string of the molecule is CCNC(=O)C1(C(C)CC)CCCCCC1. The van der Waals surface area contributed by atoms with Gasteiger partial charge in [0.25, 0.3) is 0 Å². The molecule has 0 aromatic heterocycles. The number of nitrogens with one attached hydrogen (secondary N) is 1. The Labute approximate surface area is 100 Å². The Bertz CT molecular complexity index is 217. The summed E-state index contributed by atoms with van der Waals surface area (Å²) in [7, 11) is 0. The summed E-state index contributed by atoms with van der Waals surface area (Å²) >= 11 is 0. The lowest BCUT2D eigenvalue weighted by Gasteiger charge is -2.36. The van der Waals surface area contributed by atoms with Crippen molar-refractivity contribution in [3.8, 4) is 0 Å². The normalized spacial score (nSPS) is 22.2. The van der Waals surface area contributed by atoms with Crippen LogP contribution in [0, 0.1) is 11.3 Å². The largest absolute Gasteiger partial charge is 0.356 e. The molecule has 0 aliphatic heterocycles. The van der Waals surface area contributed by atoms with Crippen molar-refractivity contribution in [3.63, 3.8) is 0 Å². The topological polar surface area (TPSA) is 29.1 Å². The van der Waals surface area contributed by atoms with Gasteiger partial charge < -0.3 is 5.32 Å². The van der Waals surface area contributed by atoms with Crippen LogP contribution in [0.15, 0.2) is 0 Å². The highest BCUT2D eigenvalue weighted by Crippen LogP contribution is 2.43. The second kappa shape index (κ2) is 6.27. The van der Waals surface area contributed by atoms with Crippen LogP contribution in [0.25, 0.3) is 0 Å². The first-order chi connectivity index (χ1) is 7.67. The summed E-state index contributed by atoms with van der Waals surface area (Å²) in [4.78, 5) is 12.4. The Hall–Kier alpha value is -0.530. The third-order valence-electron chi connectivity index (χ3n) is 4.34. The van der Waals surface area contributed by atoms with Crippen molar-refractivity contribution in [3.05, 3.63) is 0 Å². The van der Waals surface area contributed by atoms with Crippen LogP contribution in [-0.2, 0) is 4.79 Å². The highest BCUT2D eigenvalue weighted by Gasteiger charge is 2.41. The van der Waals surface area contributed by atoms with Crippen molar-refractivity contribution >= 4 is 5.91 Å². The first-order valence-electron chi connectivity index (χ1n) is 6.95. The van der Waals surface area contributed by atoms with Gasteiger partial charge in [-0.1, -0.05) is 46.0 Å². The fourth-order valence-corrected chi connectivity index (χ4v) is 3.03. The first kappa shape index (κ1) is 13.5. The summed E-state index contributed by atoms with van der Waals surface area (Å²) in [5.41, 5.74) is -0.0682. The average molecular weight is 225 g/mol. The third-order valence-corrected chi connectivity index (χ3v) is 4.34. The number of rotatable bonds is 4. The van der Waals surface area contributed by atoms with Gasteiger partial charge in [0.05, 0.1) is 5.41 Å². The van der Waals surface area contributed by atoms with Crippen molar-refractivity contribution < 1.29 is 4.79 Å². The number of carbonyl (C=O) groups excluding carboxylic acids is 1. The summed E-state index contributed by atoms with van der Waals surface area (Å²) in [5, 5.41) is 3.06. The molecular weight excluding hydrogens is 198 g/mol. The Morgan fingerprint density at radius 2 is 1.75 bits per heavy atom. The Balaban J connectivity index is 2.84. The van der Waals surface area contributed by atoms with Gasteiger partial charge in [0.2, 0.25) is 5.91 Å². The highest BCUT2D eigenvalue weighted by atomic mass is 16.2. The van der Waals surface area contributed by atoms with E-state index < -0.39 is 0 Å². The van der Waals surface area contributed by atoms with Gasteiger partial charge in [-0.3, -0.25) is 4.79 Å². The molecule has 1 saturated carbocycles. The Morgan fingerprint density at radius 1 is 1.19 bits per heavy atom. The maximum absolute atomic E-state index is 12.4. The summed E-state index contributed by atoms with van der Waals surface area (Å²) in [5.74, 6) is 0.823. The predicted octanol–water partition coefficient (Wildman–Crippen LogP) is 3.51. The first-order valence-corrected chi connectivity index (χ1v) is 6.95. The van der Waals surface area contributed by atoms with Crippen molar-refractivity contribution in [2.75, 3.05) is 6.54 Å². The van der Waals surface area contributed by atoms with Gasteiger partial charge in [0.1, 0.15) is 0 Å². The minimum Gasteiger partial charge on any atom is -0.356 e. The quantitative estimate of drug-likeness (QED) is 0.729. The zero-order chi connectivity index (χ0) is 12.0. The van der Waals surface area contributed by atoms with E-state index in [-0.39, 0.29) is 5.41 Å². The maximum Gasteiger partial charge on any atom is 0.226 e. The molecule has 1 aliphatic carbocycles. The molecule has 1 amide bonds. The van der Waals surface area contributed by atoms with Crippen LogP contribution < -0.4 is 5.32 Å². The average Bonchev–Trinajstić information content (AvgIpc) is 2.54. The van der Waals surface area contributed by atoms with Crippen molar-refractivity contribution in [2.24, 2.45) is 11.3 Å². The van der Waals surface area contributed by atoms with E-state index in [1.165, 1.54) is 25.7 Å². The van der Waals surface area contributed by atoms with E-state index in [1.54, 1.807) is 0 Å². The van der Waals surface area contributed by atoms with Crippen LogP contribution in [0.2, 0.25) is 0 Å². The summed E-state index contributed by atoms with van der Waals surface area (Å²) in [6, 6.07) is 0. The third kappa shape index (κ3) is 2.78. The van der Waals surface area contributed by atoms with Crippen LogP contribution in [-0.4, -0.2) is 12.5 Å². The van der Waals surface area contributed by atoms with Crippen LogP contribution in [0.4, 0.5) is 0 Å². The van der Waals surface area contributed by atoms with Crippen LogP contribution in [0.1, 0.15) is 65.7 Å². The van der Waals surface area contributed by atoms with E-state index in [2.05, 4.69) is 19.2 Å². The fraction of sp³-hybridized carbons (Fsp3) is 0.929. The number of hydrogen-bond donors (Lipinski definition) is 1. The smallest absolute Gasteiger partial charge is 0.226 e. The molecular formula is C14H27NO. The molecule has 2 heteroatoms. The van der Waals surface area contributed by atoms with Gasteiger partial charge in [-0.15, -0.1) is 0 Å². The molecule has 0 heterocycles. The molecule has 1 aliphatic rings. The van der Waals surface area contributed by atoms with Gasteiger partial charge in [-0.25, -0.2) is 0 Å². The molecule has 1 atom stereocenters. The second-order valence-corrected chi connectivity index (χ2v) is 5.24. The summed E-state index contributed by atoms with van der Waals surface area (Å²) in [6.45, 7) is 7.23. The van der Waals surface area contributed by atoms with E-state index in [0.717, 1.165) is 25.8 Å². The Morgan fingerprint density at radius 3 is 2.19 bits per heavy atom. The minimum atomic E-state index is -0.0682.